The maximum Gasteiger partial charge on any atom is 0.0825 e. The van der Waals surface area contributed by atoms with E-state index in [2.05, 4.69) is 32.0 Å². The molecule has 1 nitrogen and oxygen atoms in total. The van der Waals surface area contributed by atoms with E-state index in [9.17, 15) is 5.11 Å². The maximum absolute atomic E-state index is 10.8. The van der Waals surface area contributed by atoms with E-state index in [0.717, 1.165) is 12.8 Å². The van der Waals surface area contributed by atoms with Crippen molar-refractivity contribution in [3.05, 3.63) is 34.9 Å². The van der Waals surface area contributed by atoms with Crippen LogP contribution in [-0.4, -0.2) is 6.61 Å². The number of benzene rings is 1. The fraction of sp³-hybridized carbons (Fsp3) is 0.647. The third kappa shape index (κ3) is 4.81. The first kappa shape index (κ1) is 15.2. The highest BCUT2D eigenvalue weighted by atomic mass is 16.2. The van der Waals surface area contributed by atoms with Crippen molar-refractivity contribution < 1.29 is 5.11 Å². The van der Waals surface area contributed by atoms with Crippen molar-refractivity contribution in [2.45, 2.75) is 65.2 Å². The van der Waals surface area contributed by atoms with Crippen LogP contribution in [0.25, 0.3) is 0 Å². The van der Waals surface area contributed by atoms with Crippen LogP contribution in [-0.2, 0) is 24.4 Å². The summed E-state index contributed by atoms with van der Waals surface area (Å²) in [6.45, 7) is 4.52. The van der Waals surface area contributed by atoms with E-state index in [1.54, 1.807) is 0 Å². The molecule has 1 aromatic carbocycles. The van der Waals surface area contributed by atoms with E-state index >= 15 is 0 Å². The van der Waals surface area contributed by atoms with Crippen molar-refractivity contribution in [3.63, 3.8) is 0 Å². The molecule has 0 aliphatic carbocycles. The van der Waals surface area contributed by atoms with E-state index in [1.807, 2.05) is 0 Å². The molecule has 0 heterocycles. The molecule has 101 valence electrons. The fourth-order valence-electron chi connectivity index (χ4n) is 2.46. The highest BCUT2D eigenvalue weighted by Crippen LogP contribution is 2.21. The molecule has 1 rings (SSSR count). The van der Waals surface area contributed by atoms with Gasteiger partial charge in [0.15, 0.2) is 0 Å². The molecule has 0 aromatic heterocycles. The number of unbranched alkanes of at least 4 members (excludes halogenated alkanes) is 2. The third-order valence-electron chi connectivity index (χ3n) is 3.54. The summed E-state index contributed by atoms with van der Waals surface area (Å²) in [5.41, 5.74) is 4.45. The largest absolute Gasteiger partial charge is 0.237 e. The zero-order chi connectivity index (χ0) is 13.2. The number of hydrogen-bond acceptors (Lipinski definition) is 0. The van der Waals surface area contributed by atoms with Gasteiger partial charge in [0.1, 0.15) is 0 Å². The van der Waals surface area contributed by atoms with Crippen LogP contribution in [0, 0.1) is 0 Å². The molecule has 0 N–H and O–H groups in total. The summed E-state index contributed by atoms with van der Waals surface area (Å²) in [6, 6.07) is 6.70. The summed E-state index contributed by atoms with van der Waals surface area (Å²) in [5.74, 6) is 0. The number of hydrogen-bond donors (Lipinski definition) is 0. The van der Waals surface area contributed by atoms with Gasteiger partial charge in [0.25, 0.3) is 0 Å². The van der Waals surface area contributed by atoms with Gasteiger partial charge in [-0.05, 0) is 55.2 Å². The van der Waals surface area contributed by atoms with Crippen molar-refractivity contribution in [1.29, 1.82) is 0 Å². The average Bonchev–Trinajstić information content (AvgIpc) is 2.41. The van der Waals surface area contributed by atoms with E-state index in [4.69, 9.17) is 0 Å². The van der Waals surface area contributed by atoms with Gasteiger partial charge in [-0.15, -0.1) is 0 Å². The lowest BCUT2D eigenvalue weighted by molar-refractivity contribution is 0.189. The minimum atomic E-state index is 0.0509. The summed E-state index contributed by atoms with van der Waals surface area (Å²) in [6.07, 6.45) is 9.07. The molecule has 0 fully saturated rings. The van der Waals surface area contributed by atoms with Crippen LogP contribution in [0.5, 0.6) is 0 Å². The molecule has 0 unspecified atom stereocenters. The maximum atomic E-state index is 10.8. The molecular formula is C17H27O. The van der Waals surface area contributed by atoms with Crippen molar-refractivity contribution in [2.24, 2.45) is 0 Å². The van der Waals surface area contributed by atoms with Crippen molar-refractivity contribution in [3.8, 4) is 0 Å². The molecule has 18 heavy (non-hydrogen) atoms. The van der Waals surface area contributed by atoms with Crippen LogP contribution in [0.4, 0.5) is 0 Å². The Kier molecular flexibility index (Phi) is 7.75. The second kappa shape index (κ2) is 9.16. The first-order chi connectivity index (χ1) is 8.83. The Bertz CT molecular complexity index is 304. The van der Waals surface area contributed by atoms with Crippen molar-refractivity contribution >= 4 is 0 Å². The lowest BCUT2D eigenvalue weighted by Gasteiger charge is -2.14. The molecule has 0 aliphatic heterocycles. The summed E-state index contributed by atoms with van der Waals surface area (Å²) in [4.78, 5) is 0. The molecule has 0 saturated heterocycles. The minimum Gasteiger partial charge on any atom is -0.237 e. The Morgan fingerprint density at radius 3 is 1.83 bits per heavy atom. The van der Waals surface area contributed by atoms with Crippen LogP contribution < -0.4 is 0 Å². The van der Waals surface area contributed by atoms with E-state index < -0.39 is 0 Å². The smallest absolute Gasteiger partial charge is 0.0825 e. The predicted octanol–water partition coefficient (Wildman–Crippen LogP) is 4.73. The molecule has 0 spiro atoms. The van der Waals surface area contributed by atoms with Gasteiger partial charge in [0.2, 0.25) is 0 Å². The van der Waals surface area contributed by atoms with Crippen molar-refractivity contribution in [1.82, 2.24) is 0 Å². The molecule has 1 heteroatoms. The second-order valence-corrected chi connectivity index (χ2v) is 5.07. The van der Waals surface area contributed by atoms with Gasteiger partial charge in [0, 0.05) is 0 Å². The highest BCUT2D eigenvalue weighted by Gasteiger charge is 2.07. The lowest BCUT2D eigenvalue weighted by Crippen LogP contribution is -2.02. The summed E-state index contributed by atoms with van der Waals surface area (Å²) < 4.78 is 0. The number of aryl methyl sites for hydroxylation is 2. The quantitative estimate of drug-likeness (QED) is 0.601. The van der Waals surface area contributed by atoms with Crippen LogP contribution in [0.15, 0.2) is 18.2 Å². The normalized spacial score (nSPS) is 10.8. The van der Waals surface area contributed by atoms with Gasteiger partial charge >= 0.3 is 0 Å². The molecule has 0 aliphatic rings. The lowest BCUT2D eigenvalue weighted by atomic mass is 9.91. The second-order valence-electron chi connectivity index (χ2n) is 5.07. The highest BCUT2D eigenvalue weighted by molar-refractivity contribution is 5.36. The molecule has 0 atom stereocenters. The zero-order valence-corrected chi connectivity index (χ0v) is 12.0. The molecular weight excluding hydrogens is 220 g/mol. The molecule has 1 radical (unpaired) electrons. The van der Waals surface area contributed by atoms with Crippen LogP contribution >= 0.6 is 0 Å². The fourth-order valence-corrected chi connectivity index (χ4v) is 2.46. The molecule has 1 aromatic rings. The monoisotopic (exact) mass is 247 g/mol. The standard InChI is InChI=1S/C17H27O/c1-3-5-9-15-11-7-12-16(10-6-4-2)17(15)13-8-14-18/h7,11-12H,3-6,8-10,13-14H2,1-2H3. The summed E-state index contributed by atoms with van der Waals surface area (Å²) in [7, 11) is 0. The Hall–Kier alpha value is -0.820. The molecule has 0 bridgehead atoms. The zero-order valence-electron chi connectivity index (χ0n) is 12.0. The van der Waals surface area contributed by atoms with Gasteiger partial charge in [-0.3, -0.25) is 0 Å². The van der Waals surface area contributed by atoms with Crippen LogP contribution in [0.2, 0.25) is 0 Å². The van der Waals surface area contributed by atoms with Gasteiger partial charge in [0.05, 0.1) is 6.61 Å². The van der Waals surface area contributed by atoms with Crippen LogP contribution in [0.1, 0.15) is 62.6 Å². The summed E-state index contributed by atoms with van der Waals surface area (Å²) >= 11 is 0. The van der Waals surface area contributed by atoms with E-state index in [1.165, 1.54) is 55.2 Å². The molecule has 0 amide bonds. The average molecular weight is 247 g/mol. The molecule has 0 saturated carbocycles. The third-order valence-corrected chi connectivity index (χ3v) is 3.54. The van der Waals surface area contributed by atoms with Gasteiger partial charge in [-0.1, -0.05) is 44.9 Å². The van der Waals surface area contributed by atoms with E-state index in [-0.39, 0.29) is 6.61 Å². The number of rotatable bonds is 9. The topological polar surface area (TPSA) is 19.9 Å². The first-order valence-corrected chi connectivity index (χ1v) is 7.51. The van der Waals surface area contributed by atoms with Gasteiger partial charge < -0.3 is 0 Å². The predicted molar refractivity (Wildman–Crippen MR) is 77.5 cm³/mol. The Labute approximate surface area is 112 Å². The van der Waals surface area contributed by atoms with E-state index in [0.29, 0.717) is 0 Å². The van der Waals surface area contributed by atoms with Gasteiger partial charge in [-0.25, -0.2) is 5.11 Å². The Morgan fingerprint density at radius 2 is 1.39 bits per heavy atom. The first-order valence-electron chi connectivity index (χ1n) is 7.51. The minimum absolute atomic E-state index is 0.0509. The van der Waals surface area contributed by atoms with Gasteiger partial charge in [-0.2, -0.15) is 0 Å². The Balaban J connectivity index is 2.85. The summed E-state index contributed by atoms with van der Waals surface area (Å²) in [5, 5.41) is 10.8. The Morgan fingerprint density at radius 1 is 0.833 bits per heavy atom. The van der Waals surface area contributed by atoms with Crippen molar-refractivity contribution in [2.75, 3.05) is 6.61 Å². The SMILES string of the molecule is CCCCc1cccc(CCCC)c1CCC[O]. The van der Waals surface area contributed by atoms with Crippen LogP contribution in [0.3, 0.4) is 0 Å².